The molecule has 0 aromatic carbocycles. The first-order valence-electron chi connectivity index (χ1n) is 5.62. The summed E-state index contributed by atoms with van der Waals surface area (Å²) in [6, 6.07) is 0. The number of nitrogens with zero attached hydrogens (tertiary/aromatic N) is 1. The van der Waals surface area contributed by atoms with E-state index in [1.165, 1.54) is 0 Å². The number of carbonyl (C=O) groups excluding carboxylic acids is 1. The van der Waals surface area contributed by atoms with E-state index < -0.39 is 5.54 Å². The number of rotatable bonds is 8. The molecule has 0 aromatic rings. The molecule has 0 radical (unpaired) electrons. The van der Waals surface area contributed by atoms with E-state index in [0.29, 0.717) is 6.54 Å². The Morgan fingerprint density at radius 2 is 2.06 bits per heavy atom. The molecule has 5 nitrogen and oxygen atoms in total. The first-order valence-corrected chi connectivity index (χ1v) is 5.62. The first kappa shape index (κ1) is 15.3. The zero-order valence-electron chi connectivity index (χ0n) is 10.9. The average Bonchev–Trinajstić information content (AvgIpc) is 2.16. The molecule has 0 rings (SSSR count). The van der Waals surface area contributed by atoms with E-state index in [0.717, 1.165) is 26.1 Å². The molecule has 0 saturated carbocycles. The molecular weight excluding hydrogens is 206 g/mol. The Kier molecular flexibility index (Phi) is 7.29. The maximum absolute atomic E-state index is 11.4. The van der Waals surface area contributed by atoms with Crippen LogP contribution in [0.5, 0.6) is 0 Å². The van der Waals surface area contributed by atoms with Crippen LogP contribution in [-0.2, 0) is 9.53 Å². The highest BCUT2D eigenvalue weighted by molar-refractivity contribution is 5.84. The molecule has 0 unspecified atom stereocenters. The van der Waals surface area contributed by atoms with Gasteiger partial charge in [-0.1, -0.05) is 0 Å². The van der Waals surface area contributed by atoms with Crippen molar-refractivity contribution in [3.05, 3.63) is 0 Å². The fourth-order valence-corrected chi connectivity index (χ4v) is 1.18. The van der Waals surface area contributed by atoms with Crippen LogP contribution >= 0.6 is 0 Å². The van der Waals surface area contributed by atoms with Gasteiger partial charge in [-0.3, -0.25) is 4.79 Å². The van der Waals surface area contributed by atoms with Gasteiger partial charge < -0.3 is 20.7 Å². The van der Waals surface area contributed by atoms with Crippen LogP contribution in [0.15, 0.2) is 0 Å². The standard InChI is InChI=1S/C11H25N3O2/c1-11(2,12)10(15)13-6-8-14(3)7-5-9-16-4/h5-9,12H2,1-4H3,(H,13,15). The summed E-state index contributed by atoms with van der Waals surface area (Å²) in [6.45, 7) is 6.59. The van der Waals surface area contributed by atoms with Gasteiger partial charge in [0.15, 0.2) is 0 Å². The zero-order chi connectivity index (χ0) is 12.6. The molecule has 0 aliphatic heterocycles. The smallest absolute Gasteiger partial charge is 0.239 e. The van der Waals surface area contributed by atoms with Gasteiger partial charge >= 0.3 is 0 Å². The summed E-state index contributed by atoms with van der Waals surface area (Å²) in [5.74, 6) is -0.113. The number of ether oxygens (including phenoxy) is 1. The van der Waals surface area contributed by atoms with Crippen LogP contribution in [0.3, 0.4) is 0 Å². The van der Waals surface area contributed by atoms with E-state index in [4.69, 9.17) is 10.5 Å². The molecule has 5 heteroatoms. The zero-order valence-corrected chi connectivity index (χ0v) is 10.9. The van der Waals surface area contributed by atoms with Crippen LogP contribution < -0.4 is 11.1 Å². The molecule has 1 amide bonds. The third kappa shape index (κ3) is 7.62. The van der Waals surface area contributed by atoms with Crippen molar-refractivity contribution in [3.63, 3.8) is 0 Å². The Balaban J connectivity index is 3.54. The average molecular weight is 231 g/mol. The second kappa shape index (κ2) is 7.60. The van der Waals surface area contributed by atoms with Crippen molar-refractivity contribution in [1.29, 1.82) is 0 Å². The molecule has 0 aliphatic rings. The van der Waals surface area contributed by atoms with Crippen molar-refractivity contribution in [2.75, 3.05) is 40.4 Å². The largest absolute Gasteiger partial charge is 0.385 e. The maximum Gasteiger partial charge on any atom is 0.239 e. The van der Waals surface area contributed by atoms with Crippen LogP contribution in [0.2, 0.25) is 0 Å². The summed E-state index contributed by atoms with van der Waals surface area (Å²) >= 11 is 0. The SMILES string of the molecule is COCCCN(C)CCNC(=O)C(C)(C)N. The quantitative estimate of drug-likeness (QED) is 0.568. The predicted molar refractivity (Wildman–Crippen MR) is 65.3 cm³/mol. The number of hydrogen-bond donors (Lipinski definition) is 2. The fourth-order valence-electron chi connectivity index (χ4n) is 1.18. The lowest BCUT2D eigenvalue weighted by Gasteiger charge is -2.20. The molecule has 0 saturated heterocycles. The molecule has 0 atom stereocenters. The van der Waals surface area contributed by atoms with Crippen LogP contribution in [0.4, 0.5) is 0 Å². The Hall–Kier alpha value is -0.650. The minimum Gasteiger partial charge on any atom is -0.385 e. The molecule has 0 fully saturated rings. The molecule has 0 bridgehead atoms. The van der Waals surface area contributed by atoms with E-state index in [1.54, 1.807) is 21.0 Å². The van der Waals surface area contributed by atoms with Crippen LogP contribution in [-0.4, -0.2) is 56.7 Å². The lowest BCUT2D eigenvalue weighted by atomic mass is 10.1. The summed E-state index contributed by atoms with van der Waals surface area (Å²) in [5, 5.41) is 2.81. The van der Waals surface area contributed by atoms with E-state index in [-0.39, 0.29) is 5.91 Å². The number of methoxy groups -OCH3 is 1. The molecule has 0 spiro atoms. The number of likely N-dealkylation sites (N-methyl/N-ethyl adjacent to an activating group) is 1. The summed E-state index contributed by atoms with van der Waals surface area (Å²) in [4.78, 5) is 13.6. The highest BCUT2D eigenvalue weighted by atomic mass is 16.5. The molecule has 3 N–H and O–H groups in total. The van der Waals surface area contributed by atoms with Gasteiger partial charge in [-0.2, -0.15) is 0 Å². The highest BCUT2D eigenvalue weighted by Gasteiger charge is 2.20. The van der Waals surface area contributed by atoms with Crippen molar-refractivity contribution >= 4 is 5.91 Å². The van der Waals surface area contributed by atoms with Gasteiger partial charge in [-0.15, -0.1) is 0 Å². The maximum atomic E-state index is 11.4. The van der Waals surface area contributed by atoms with Gasteiger partial charge in [0.1, 0.15) is 0 Å². The molecule has 0 aliphatic carbocycles. The van der Waals surface area contributed by atoms with Gasteiger partial charge in [-0.25, -0.2) is 0 Å². The number of nitrogens with two attached hydrogens (primary N) is 1. The van der Waals surface area contributed by atoms with Crippen LogP contribution in [0.1, 0.15) is 20.3 Å². The number of nitrogens with one attached hydrogen (secondary N) is 1. The van der Waals surface area contributed by atoms with Crippen LogP contribution in [0, 0.1) is 0 Å². The second-order valence-electron chi connectivity index (χ2n) is 4.63. The normalized spacial score (nSPS) is 11.9. The third-order valence-electron chi connectivity index (χ3n) is 2.25. The minimum atomic E-state index is -0.797. The topological polar surface area (TPSA) is 67.6 Å². The van der Waals surface area contributed by atoms with Crippen LogP contribution in [0.25, 0.3) is 0 Å². The van der Waals surface area contributed by atoms with Gasteiger partial charge in [0, 0.05) is 33.4 Å². The molecule has 16 heavy (non-hydrogen) atoms. The fraction of sp³-hybridized carbons (Fsp3) is 0.909. The van der Waals surface area contributed by atoms with Crippen molar-refractivity contribution < 1.29 is 9.53 Å². The number of hydrogen-bond acceptors (Lipinski definition) is 4. The van der Waals surface area contributed by atoms with Crippen molar-refractivity contribution in [1.82, 2.24) is 10.2 Å². The Morgan fingerprint density at radius 1 is 1.44 bits per heavy atom. The monoisotopic (exact) mass is 231 g/mol. The van der Waals surface area contributed by atoms with E-state index in [2.05, 4.69) is 10.2 Å². The molecule has 96 valence electrons. The summed E-state index contributed by atoms with van der Waals surface area (Å²) in [6.07, 6.45) is 1.00. The van der Waals surface area contributed by atoms with Crippen molar-refractivity contribution in [2.45, 2.75) is 25.8 Å². The molecule has 0 aromatic heterocycles. The molecule has 0 heterocycles. The Labute approximate surface area is 98.3 Å². The van der Waals surface area contributed by atoms with E-state index in [9.17, 15) is 4.79 Å². The van der Waals surface area contributed by atoms with Gasteiger partial charge in [-0.05, 0) is 27.3 Å². The van der Waals surface area contributed by atoms with E-state index >= 15 is 0 Å². The van der Waals surface area contributed by atoms with E-state index in [1.807, 2.05) is 7.05 Å². The Morgan fingerprint density at radius 3 is 2.56 bits per heavy atom. The minimum absolute atomic E-state index is 0.113. The molecular formula is C11H25N3O2. The second-order valence-corrected chi connectivity index (χ2v) is 4.63. The summed E-state index contributed by atoms with van der Waals surface area (Å²) < 4.78 is 4.97. The van der Waals surface area contributed by atoms with Gasteiger partial charge in [0.2, 0.25) is 5.91 Å². The lowest BCUT2D eigenvalue weighted by molar-refractivity contribution is -0.125. The van der Waals surface area contributed by atoms with Gasteiger partial charge in [0.05, 0.1) is 5.54 Å². The van der Waals surface area contributed by atoms with Crippen molar-refractivity contribution in [3.8, 4) is 0 Å². The predicted octanol–water partition coefficient (Wildman–Crippen LogP) is -0.192. The lowest BCUT2D eigenvalue weighted by Crippen LogP contribution is -2.50. The first-order chi connectivity index (χ1) is 7.38. The van der Waals surface area contributed by atoms with Gasteiger partial charge in [0.25, 0.3) is 0 Å². The highest BCUT2D eigenvalue weighted by Crippen LogP contribution is 1.95. The van der Waals surface area contributed by atoms with Crippen molar-refractivity contribution in [2.24, 2.45) is 5.73 Å². The number of carbonyl (C=O) groups is 1. The third-order valence-corrected chi connectivity index (χ3v) is 2.25. The Bertz CT molecular complexity index is 202. The number of amides is 1. The summed E-state index contributed by atoms with van der Waals surface area (Å²) in [7, 11) is 3.72. The summed E-state index contributed by atoms with van der Waals surface area (Å²) in [5.41, 5.74) is 4.85.